The standard InChI is InChI=1S/C16H25N3O/c1-5-18(6-2)13-9-11(3)16-14(10-13)15(17)7-8-19(16)12(4)20/h9-10,15H,5-8,17H2,1-4H3. The van der Waals surface area contributed by atoms with Crippen molar-refractivity contribution >= 4 is 17.3 Å². The molecule has 0 radical (unpaired) electrons. The molecule has 110 valence electrons. The van der Waals surface area contributed by atoms with E-state index in [1.165, 1.54) is 5.69 Å². The van der Waals surface area contributed by atoms with Gasteiger partial charge in [-0.25, -0.2) is 0 Å². The molecule has 1 amide bonds. The van der Waals surface area contributed by atoms with Crippen LogP contribution < -0.4 is 15.5 Å². The average molecular weight is 275 g/mol. The molecule has 1 aromatic rings. The summed E-state index contributed by atoms with van der Waals surface area (Å²) in [7, 11) is 0. The van der Waals surface area contributed by atoms with Crippen LogP contribution >= 0.6 is 0 Å². The first-order valence-corrected chi connectivity index (χ1v) is 7.42. The Morgan fingerprint density at radius 3 is 2.60 bits per heavy atom. The molecule has 0 saturated heterocycles. The van der Waals surface area contributed by atoms with Crippen LogP contribution in [0.2, 0.25) is 0 Å². The van der Waals surface area contributed by atoms with Gasteiger partial charge in [0.2, 0.25) is 5.91 Å². The SMILES string of the molecule is CCN(CC)c1cc(C)c2c(c1)C(N)CCN2C(C)=O. The summed E-state index contributed by atoms with van der Waals surface area (Å²) in [6, 6.07) is 4.35. The van der Waals surface area contributed by atoms with Crippen molar-refractivity contribution in [2.24, 2.45) is 5.73 Å². The number of amides is 1. The fraction of sp³-hybridized carbons (Fsp3) is 0.562. The number of carbonyl (C=O) groups excluding carboxylic acids is 1. The van der Waals surface area contributed by atoms with Crippen LogP contribution in [0.1, 0.15) is 44.4 Å². The van der Waals surface area contributed by atoms with Gasteiger partial charge in [0.15, 0.2) is 0 Å². The fourth-order valence-corrected chi connectivity index (χ4v) is 3.06. The van der Waals surface area contributed by atoms with E-state index in [0.29, 0.717) is 0 Å². The van der Waals surface area contributed by atoms with Crippen LogP contribution in [0.3, 0.4) is 0 Å². The summed E-state index contributed by atoms with van der Waals surface area (Å²) in [6.07, 6.45) is 0.827. The van der Waals surface area contributed by atoms with Gasteiger partial charge in [0.1, 0.15) is 0 Å². The van der Waals surface area contributed by atoms with Crippen LogP contribution in [0.5, 0.6) is 0 Å². The van der Waals surface area contributed by atoms with E-state index in [-0.39, 0.29) is 11.9 Å². The largest absolute Gasteiger partial charge is 0.372 e. The third kappa shape index (κ3) is 2.52. The normalized spacial score (nSPS) is 17.9. The molecule has 1 atom stereocenters. The summed E-state index contributed by atoms with van der Waals surface area (Å²) in [6.45, 7) is 10.7. The molecule has 2 rings (SSSR count). The van der Waals surface area contributed by atoms with Crippen LogP contribution in [0, 0.1) is 6.92 Å². The molecule has 0 fully saturated rings. The number of benzene rings is 1. The Kier molecular flexibility index (Phi) is 4.33. The maximum atomic E-state index is 11.8. The molecular weight excluding hydrogens is 250 g/mol. The fourth-order valence-electron chi connectivity index (χ4n) is 3.06. The third-order valence-electron chi connectivity index (χ3n) is 4.16. The summed E-state index contributed by atoms with van der Waals surface area (Å²) in [5.41, 5.74) is 10.7. The molecule has 0 aliphatic carbocycles. The van der Waals surface area contributed by atoms with Crippen molar-refractivity contribution in [2.75, 3.05) is 29.4 Å². The molecule has 0 bridgehead atoms. The Morgan fingerprint density at radius 1 is 1.40 bits per heavy atom. The van der Waals surface area contributed by atoms with Crippen molar-refractivity contribution in [2.45, 2.75) is 40.2 Å². The van der Waals surface area contributed by atoms with E-state index in [1.807, 2.05) is 4.90 Å². The minimum Gasteiger partial charge on any atom is -0.372 e. The Bertz CT molecular complexity index is 509. The molecule has 0 spiro atoms. The smallest absolute Gasteiger partial charge is 0.223 e. The summed E-state index contributed by atoms with van der Waals surface area (Å²) in [5.74, 6) is 0.0943. The molecule has 0 saturated carbocycles. The molecule has 1 aromatic carbocycles. The number of aryl methyl sites for hydroxylation is 1. The second-order valence-corrected chi connectivity index (χ2v) is 5.44. The van der Waals surface area contributed by atoms with Gasteiger partial charge in [-0.15, -0.1) is 0 Å². The lowest BCUT2D eigenvalue weighted by molar-refractivity contribution is -0.116. The quantitative estimate of drug-likeness (QED) is 0.922. The highest BCUT2D eigenvalue weighted by molar-refractivity contribution is 5.94. The van der Waals surface area contributed by atoms with Crippen LogP contribution in [0.15, 0.2) is 12.1 Å². The van der Waals surface area contributed by atoms with E-state index in [4.69, 9.17) is 5.73 Å². The second kappa shape index (κ2) is 5.83. The number of fused-ring (bicyclic) bond motifs is 1. The minimum atomic E-state index is 0.0230. The zero-order valence-corrected chi connectivity index (χ0v) is 12.9. The van der Waals surface area contributed by atoms with Crippen molar-refractivity contribution in [3.63, 3.8) is 0 Å². The Hall–Kier alpha value is -1.55. The number of rotatable bonds is 3. The highest BCUT2D eigenvalue weighted by atomic mass is 16.2. The number of nitrogens with zero attached hydrogens (tertiary/aromatic N) is 2. The summed E-state index contributed by atoms with van der Waals surface area (Å²) in [5, 5.41) is 0. The van der Waals surface area contributed by atoms with E-state index >= 15 is 0 Å². The molecule has 20 heavy (non-hydrogen) atoms. The number of hydrogen-bond donors (Lipinski definition) is 1. The minimum absolute atomic E-state index is 0.0230. The van der Waals surface area contributed by atoms with E-state index in [2.05, 4.69) is 37.8 Å². The summed E-state index contributed by atoms with van der Waals surface area (Å²) < 4.78 is 0. The van der Waals surface area contributed by atoms with E-state index in [1.54, 1.807) is 6.92 Å². The van der Waals surface area contributed by atoms with E-state index in [9.17, 15) is 4.79 Å². The van der Waals surface area contributed by atoms with E-state index < -0.39 is 0 Å². The van der Waals surface area contributed by atoms with Crippen LogP contribution in [-0.4, -0.2) is 25.5 Å². The molecular formula is C16H25N3O. The van der Waals surface area contributed by atoms with Gasteiger partial charge in [-0.2, -0.15) is 0 Å². The molecule has 1 heterocycles. The maximum Gasteiger partial charge on any atom is 0.223 e. The van der Waals surface area contributed by atoms with Gasteiger partial charge >= 0.3 is 0 Å². The highest BCUT2D eigenvalue weighted by Crippen LogP contribution is 2.38. The van der Waals surface area contributed by atoms with Crippen molar-refractivity contribution < 1.29 is 4.79 Å². The van der Waals surface area contributed by atoms with Gasteiger partial charge < -0.3 is 15.5 Å². The maximum absolute atomic E-state index is 11.8. The number of nitrogens with two attached hydrogens (primary N) is 1. The lowest BCUT2D eigenvalue weighted by Gasteiger charge is -2.35. The molecule has 4 heteroatoms. The Morgan fingerprint density at radius 2 is 2.05 bits per heavy atom. The zero-order valence-electron chi connectivity index (χ0n) is 12.9. The Balaban J connectivity index is 2.54. The second-order valence-electron chi connectivity index (χ2n) is 5.44. The molecule has 2 N–H and O–H groups in total. The lowest BCUT2D eigenvalue weighted by Crippen LogP contribution is -2.37. The predicted molar refractivity (Wildman–Crippen MR) is 84.3 cm³/mol. The third-order valence-corrected chi connectivity index (χ3v) is 4.16. The van der Waals surface area contributed by atoms with Gasteiger partial charge in [-0.05, 0) is 50.5 Å². The van der Waals surface area contributed by atoms with Crippen molar-refractivity contribution in [3.8, 4) is 0 Å². The number of hydrogen-bond acceptors (Lipinski definition) is 3. The van der Waals surface area contributed by atoms with Crippen molar-refractivity contribution in [1.82, 2.24) is 0 Å². The van der Waals surface area contributed by atoms with Gasteiger partial charge in [0, 0.05) is 38.3 Å². The lowest BCUT2D eigenvalue weighted by atomic mass is 9.93. The van der Waals surface area contributed by atoms with Crippen LogP contribution in [0.25, 0.3) is 0 Å². The predicted octanol–water partition coefficient (Wildman–Crippen LogP) is 2.60. The summed E-state index contributed by atoms with van der Waals surface area (Å²) >= 11 is 0. The van der Waals surface area contributed by atoms with Crippen LogP contribution in [-0.2, 0) is 4.79 Å². The highest BCUT2D eigenvalue weighted by Gasteiger charge is 2.27. The molecule has 1 unspecified atom stereocenters. The van der Waals surface area contributed by atoms with Gasteiger partial charge in [0.25, 0.3) is 0 Å². The number of carbonyl (C=O) groups is 1. The van der Waals surface area contributed by atoms with E-state index in [0.717, 1.165) is 42.9 Å². The Labute approximate surface area is 121 Å². The van der Waals surface area contributed by atoms with Gasteiger partial charge in [-0.1, -0.05) is 0 Å². The molecule has 1 aliphatic heterocycles. The van der Waals surface area contributed by atoms with Crippen molar-refractivity contribution in [3.05, 3.63) is 23.3 Å². The topological polar surface area (TPSA) is 49.6 Å². The average Bonchev–Trinajstić information content (AvgIpc) is 2.41. The van der Waals surface area contributed by atoms with Gasteiger partial charge in [0.05, 0.1) is 5.69 Å². The van der Waals surface area contributed by atoms with Gasteiger partial charge in [-0.3, -0.25) is 4.79 Å². The zero-order chi connectivity index (χ0) is 14.9. The van der Waals surface area contributed by atoms with Crippen LogP contribution in [0.4, 0.5) is 11.4 Å². The molecule has 0 aromatic heterocycles. The first-order valence-electron chi connectivity index (χ1n) is 7.42. The summed E-state index contributed by atoms with van der Waals surface area (Å²) in [4.78, 5) is 16.0. The first-order chi connectivity index (χ1) is 9.49. The first kappa shape index (κ1) is 14.9. The van der Waals surface area contributed by atoms with Crippen molar-refractivity contribution in [1.29, 1.82) is 0 Å². The monoisotopic (exact) mass is 275 g/mol. The molecule has 4 nitrogen and oxygen atoms in total. The molecule has 1 aliphatic rings. The number of anilines is 2.